The fourth-order valence-corrected chi connectivity index (χ4v) is 1.13. The van der Waals surface area contributed by atoms with E-state index in [-0.39, 0.29) is 13.5 Å². The molecule has 0 aromatic heterocycles. The zero-order valence-electron chi connectivity index (χ0n) is 6.15. The molecule has 1 aliphatic heterocycles. The fourth-order valence-electron chi connectivity index (χ4n) is 1.13. The first-order valence-corrected chi connectivity index (χ1v) is 3.21. The highest BCUT2D eigenvalue weighted by molar-refractivity contribution is 7.59. The van der Waals surface area contributed by atoms with E-state index in [2.05, 4.69) is 24.2 Å². The molecule has 1 heterocycles. The van der Waals surface area contributed by atoms with Gasteiger partial charge in [0.05, 0.1) is 0 Å². The van der Waals surface area contributed by atoms with Crippen LogP contribution in [0.1, 0.15) is 6.92 Å². The number of likely N-dealkylation sites (N-methyl/N-ethyl adjacent to an activating group) is 1. The van der Waals surface area contributed by atoms with Crippen LogP contribution in [0, 0.1) is 0 Å². The average Bonchev–Trinajstić information content (AvgIpc) is 1.64. The van der Waals surface area contributed by atoms with Crippen LogP contribution in [0.25, 0.3) is 0 Å². The molecule has 0 saturated carbocycles. The second kappa shape index (κ2) is 4.14. The number of nitrogens with zero attached hydrogens (tertiary/aromatic N) is 1. The summed E-state index contributed by atoms with van der Waals surface area (Å²) >= 11 is 0. The molecule has 9 heavy (non-hydrogen) atoms. The van der Waals surface area contributed by atoms with Crippen LogP contribution in [0.15, 0.2) is 0 Å². The van der Waals surface area contributed by atoms with Gasteiger partial charge in [0.1, 0.15) is 0 Å². The third kappa shape index (κ3) is 3.08. The molecule has 1 fully saturated rings. The molecule has 2 nitrogen and oxygen atoms in total. The monoisotopic (exact) mass is 148 g/mol. The highest BCUT2D eigenvalue weighted by Crippen LogP contribution is 1.92. The van der Waals surface area contributed by atoms with Crippen LogP contribution in [-0.2, 0) is 0 Å². The molecule has 1 aliphatic rings. The lowest BCUT2D eigenvalue weighted by molar-refractivity contribution is 0.248. The average molecular weight is 148 g/mol. The van der Waals surface area contributed by atoms with Gasteiger partial charge in [-0.25, -0.2) is 0 Å². The number of rotatable bonds is 0. The maximum Gasteiger partial charge on any atom is 0.0167 e. The van der Waals surface area contributed by atoms with Crippen molar-refractivity contribution in [2.45, 2.75) is 13.0 Å². The fraction of sp³-hybridized carbons (Fsp3) is 1.00. The molecule has 1 atom stereocenters. The second-order valence-corrected chi connectivity index (χ2v) is 2.62. The Labute approximate surface area is 64.1 Å². The zero-order valence-corrected chi connectivity index (χ0v) is 7.15. The SMILES string of the molecule is C[C@H]1CN(C)CCN1.S. The van der Waals surface area contributed by atoms with E-state index in [0.29, 0.717) is 6.04 Å². The standard InChI is InChI=1S/C6H14N2.H2S/c1-6-5-8(2)4-3-7-6;/h6-7H,3-5H2,1-2H3;1H2/t6-;/m0./s1. The Morgan fingerprint density at radius 1 is 1.56 bits per heavy atom. The molecule has 0 aromatic carbocycles. The molecule has 0 aromatic rings. The van der Waals surface area contributed by atoms with Gasteiger partial charge in [-0.05, 0) is 14.0 Å². The van der Waals surface area contributed by atoms with Gasteiger partial charge < -0.3 is 10.2 Å². The van der Waals surface area contributed by atoms with Crippen molar-refractivity contribution in [3.63, 3.8) is 0 Å². The van der Waals surface area contributed by atoms with Gasteiger partial charge in [-0.2, -0.15) is 13.5 Å². The first-order valence-electron chi connectivity index (χ1n) is 3.21. The van der Waals surface area contributed by atoms with E-state index < -0.39 is 0 Å². The summed E-state index contributed by atoms with van der Waals surface area (Å²) in [4.78, 5) is 2.35. The summed E-state index contributed by atoms with van der Waals surface area (Å²) in [6.45, 7) is 5.76. The van der Waals surface area contributed by atoms with Gasteiger partial charge in [0.2, 0.25) is 0 Å². The molecule has 0 spiro atoms. The van der Waals surface area contributed by atoms with Crippen LogP contribution < -0.4 is 5.32 Å². The molecule has 1 saturated heterocycles. The van der Waals surface area contributed by atoms with Crippen molar-refractivity contribution in [2.75, 3.05) is 26.7 Å². The predicted octanol–water partition coefficient (Wildman–Crippen LogP) is 0.0227. The molecule has 0 aliphatic carbocycles. The summed E-state index contributed by atoms with van der Waals surface area (Å²) < 4.78 is 0. The summed E-state index contributed by atoms with van der Waals surface area (Å²) in [6.07, 6.45) is 0. The maximum atomic E-state index is 3.37. The Bertz CT molecular complexity index is 69.5. The van der Waals surface area contributed by atoms with Crippen LogP contribution >= 0.6 is 13.5 Å². The van der Waals surface area contributed by atoms with Crippen molar-refractivity contribution in [3.8, 4) is 0 Å². The van der Waals surface area contributed by atoms with Crippen LogP contribution in [0.2, 0.25) is 0 Å². The molecule has 0 radical (unpaired) electrons. The van der Waals surface area contributed by atoms with E-state index in [1.54, 1.807) is 0 Å². The molecular formula is C6H16N2S. The maximum absolute atomic E-state index is 3.37. The smallest absolute Gasteiger partial charge is 0.0167 e. The molecule has 0 bridgehead atoms. The van der Waals surface area contributed by atoms with E-state index in [0.717, 1.165) is 6.54 Å². The van der Waals surface area contributed by atoms with Crippen LogP contribution in [-0.4, -0.2) is 37.6 Å². The summed E-state index contributed by atoms with van der Waals surface area (Å²) in [5, 5.41) is 3.37. The topological polar surface area (TPSA) is 15.3 Å². The lowest BCUT2D eigenvalue weighted by atomic mass is 10.2. The summed E-state index contributed by atoms with van der Waals surface area (Å²) in [7, 11) is 2.16. The Balaban J connectivity index is 0.000000640. The normalized spacial score (nSPS) is 29.3. The van der Waals surface area contributed by atoms with Gasteiger partial charge in [-0.1, -0.05) is 0 Å². The zero-order chi connectivity index (χ0) is 5.98. The van der Waals surface area contributed by atoms with Gasteiger partial charge in [0.15, 0.2) is 0 Å². The highest BCUT2D eigenvalue weighted by atomic mass is 32.1. The van der Waals surface area contributed by atoms with Gasteiger partial charge >= 0.3 is 0 Å². The first-order chi connectivity index (χ1) is 3.79. The summed E-state index contributed by atoms with van der Waals surface area (Å²) in [5.74, 6) is 0. The molecule has 0 amide bonds. The number of hydrogen-bond donors (Lipinski definition) is 1. The first kappa shape index (κ1) is 9.27. The van der Waals surface area contributed by atoms with Crippen molar-refractivity contribution in [2.24, 2.45) is 0 Å². The third-order valence-corrected chi connectivity index (χ3v) is 1.57. The molecule has 1 N–H and O–H groups in total. The van der Waals surface area contributed by atoms with Gasteiger partial charge in [0, 0.05) is 25.7 Å². The van der Waals surface area contributed by atoms with E-state index in [4.69, 9.17) is 0 Å². The quantitative estimate of drug-likeness (QED) is 0.521. The third-order valence-electron chi connectivity index (χ3n) is 1.57. The molecule has 3 heteroatoms. The van der Waals surface area contributed by atoms with Gasteiger partial charge in [-0.3, -0.25) is 0 Å². The molecular weight excluding hydrogens is 132 g/mol. The Hall–Kier alpha value is 0.270. The van der Waals surface area contributed by atoms with Crippen molar-refractivity contribution in [1.82, 2.24) is 10.2 Å². The minimum atomic E-state index is 0. The predicted molar refractivity (Wildman–Crippen MR) is 45.3 cm³/mol. The van der Waals surface area contributed by atoms with Crippen molar-refractivity contribution in [1.29, 1.82) is 0 Å². The summed E-state index contributed by atoms with van der Waals surface area (Å²) in [5.41, 5.74) is 0. The van der Waals surface area contributed by atoms with Crippen molar-refractivity contribution in [3.05, 3.63) is 0 Å². The minimum absolute atomic E-state index is 0. The van der Waals surface area contributed by atoms with Crippen molar-refractivity contribution < 1.29 is 0 Å². The van der Waals surface area contributed by atoms with Crippen LogP contribution in [0.3, 0.4) is 0 Å². The lowest BCUT2D eigenvalue weighted by Gasteiger charge is -2.28. The second-order valence-electron chi connectivity index (χ2n) is 2.62. The number of piperazine rings is 1. The van der Waals surface area contributed by atoms with E-state index in [9.17, 15) is 0 Å². The van der Waals surface area contributed by atoms with Gasteiger partial charge in [-0.15, -0.1) is 0 Å². The Morgan fingerprint density at radius 2 is 2.22 bits per heavy atom. The summed E-state index contributed by atoms with van der Waals surface area (Å²) in [6, 6.07) is 0.689. The van der Waals surface area contributed by atoms with E-state index in [1.807, 2.05) is 0 Å². The highest BCUT2D eigenvalue weighted by Gasteiger charge is 2.09. The van der Waals surface area contributed by atoms with Gasteiger partial charge in [0.25, 0.3) is 0 Å². The minimum Gasteiger partial charge on any atom is -0.312 e. The van der Waals surface area contributed by atoms with E-state index >= 15 is 0 Å². The molecule has 1 rings (SSSR count). The Kier molecular flexibility index (Phi) is 4.27. The molecule has 0 unspecified atom stereocenters. The van der Waals surface area contributed by atoms with E-state index in [1.165, 1.54) is 13.1 Å². The number of hydrogen-bond acceptors (Lipinski definition) is 2. The van der Waals surface area contributed by atoms with Crippen LogP contribution in [0.5, 0.6) is 0 Å². The molecule has 56 valence electrons. The Morgan fingerprint density at radius 3 is 2.56 bits per heavy atom. The largest absolute Gasteiger partial charge is 0.312 e. The lowest BCUT2D eigenvalue weighted by Crippen LogP contribution is -2.47. The van der Waals surface area contributed by atoms with Crippen LogP contribution in [0.4, 0.5) is 0 Å². The van der Waals surface area contributed by atoms with Crippen molar-refractivity contribution >= 4 is 13.5 Å². The number of nitrogens with one attached hydrogen (secondary N) is 1.